The number of hydrogen-bond acceptors (Lipinski definition) is 7. The molecule has 6 atom stereocenters. The third kappa shape index (κ3) is 6.94. The Hall–Kier alpha value is -4.83. The monoisotopic (exact) mass is 671 g/mol. The molecule has 8 nitrogen and oxygen atoms in total. The van der Waals surface area contributed by atoms with E-state index in [-0.39, 0.29) is 26.4 Å². The molecule has 2 saturated heterocycles. The standard InChI is InChI=1S/C42H41NO7/c44-35-26-43-37(38(35)45)40(50-41(43)46)39(48-28-31-18-8-2-9-19-31)36(47-27-30-16-6-1-7-17-30)29-49-42(32-20-10-3-11-21-32,33-22-12-4-13-23-33)34-24-14-5-15-25-34/h1-25,35-40,44-45H,26-29H2/t35-,36-,37+,38-,39+,40+/m0/s1. The number of cyclic esters (lactones) is 1. The zero-order valence-corrected chi connectivity index (χ0v) is 27.6. The van der Waals surface area contributed by atoms with Crippen LogP contribution < -0.4 is 0 Å². The summed E-state index contributed by atoms with van der Waals surface area (Å²) in [5.41, 5.74) is 3.59. The maximum atomic E-state index is 13.2. The Bertz CT molecular complexity index is 1700. The molecule has 256 valence electrons. The van der Waals surface area contributed by atoms with Gasteiger partial charge in [-0.25, -0.2) is 4.79 Å². The fourth-order valence-corrected chi connectivity index (χ4v) is 7.10. The van der Waals surface area contributed by atoms with E-state index >= 15 is 0 Å². The van der Waals surface area contributed by atoms with Gasteiger partial charge in [-0.1, -0.05) is 152 Å². The number of carbonyl (C=O) groups is 1. The van der Waals surface area contributed by atoms with Crippen LogP contribution in [0.2, 0.25) is 0 Å². The molecule has 8 heteroatoms. The highest BCUT2D eigenvalue weighted by molar-refractivity contribution is 5.72. The van der Waals surface area contributed by atoms with E-state index in [9.17, 15) is 15.0 Å². The molecule has 1 amide bonds. The summed E-state index contributed by atoms with van der Waals surface area (Å²) < 4.78 is 26.6. The Morgan fingerprint density at radius 2 is 1.10 bits per heavy atom. The van der Waals surface area contributed by atoms with Crippen molar-refractivity contribution in [3.8, 4) is 0 Å². The fraction of sp³-hybridized carbons (Fsp3) is 0.262. The molecule has 2 aliphatic heterocycles. The first kappa shape index (κ1) is 33.7. The summed E-state index contributed by atoms with van der Waals surface area (Å²) in [5, 5.41) is 21.7. The average molecular weight is 672 g/mol. The Kier molecular flexibility index (Phi) is 10.3. The smallest absolute Gasteiger partial charge is 0.410 e. The SMILES string of the molecule is O=C1O[C@@H]([C@H](OCc2ccccc2)[C@H](COC(c2ccccc2)(c2ccccc2)c2ccccc2)OCc2ccccc2)[C@H]2[C@@H](O)[C@@H](O)CN12. The molecule has 0 saturated carbocycles. The number of hydrogen-bond donors (Lipinski definition) is 2. The van der Waals surface area contributed by atoms with Gasteiger partial charge in [-0.05, 0) is 27.8 Å². The van der Waals surface area contributed by atoms with Crippen LogP contribution >= 0.6 is 0 Å². The summed E-state index contributed by atoms with van der Waals surface area (Å²) in [6.07, 6.45) is -5.58. The number of benzene rings is 5. The number of carbonyl (C=O) groups excluding carboxylic acids is 1. The summed E-state index contributed by atoms with van der Waals surface area (Å²) in [5.74, 6) is 0. The molecule has 0 bridgehead atoms. The number of aliphatic hydroxyl groups excluding tert-OH is 2. The summed E-state index contributed by atoms with van der Waals surface area (Å²) in [6, 6.07) is 48.9. The van der Waals surface area contributed by atoms with E-state index in [4.69, 9.17) is 18.9 Å². The number of nitrogens with zero attached hydrogens (tertiary/aromatic N) is 1. The molecule has 50 heavy (non-hydrogen) atoms. The molecule has 2 aliphatic rings. The first-order valence-corrected chi connectivity index (χ1v) is 17.0. The second-order valence-corrected chi connectivity index (χ2v) is 12.7. The first-order chi connectivity index (χ1) is 24.5. The van der Waals surface area contributed by atoms with Crippen molar-refractivity contribution < 1.29 is 34.0 Å². The Balaban J connectivity index is 1.31. The maximum Gasteiger partial charge on any atom is 0.410 e. The number of rotatable bonds is 14. The number of amides is 1. The van der Waals surface area contributed by atoms with Gasteiger partial charge in [-0.15, -0.1) is 0 Å². The van der Waals surface area contributed by atoms with Gasteiger partial charge in [0.2, 0.25) is 0 Å². The van der Waals surface area contributed by atoms with Gasteiger partial charge in [0.25, 0.3) is 0 Å². The largest absolute Gasteiger partial charge is 0.441 e. The van der Waals surface area contributed by atoms with Crippen molar-refractivity contribution in [1.29, 1.82) is 0 Å². The molecule has 0 aromatic heterocycles. The Morgan fingerprint density at radius 3 is 1.58 bits per heavy atom. The van der Waals surface area contributed by atoms with E-state index in [0.29, 0.717) is 0 Å². The Morgan fingerprint density at radius 1 is 0.660 bits per heavy atom. The minimum absolute atomic E-state index is 0.0182. The zero-order chi connectivity index (χ0) is 34.3. The van der Waals surface area contributed by atoms with Gasteiger partial charge in [0.05, 0.1) is 32.5 Å². The summed E-state index contributed by atoms with van der Waals surface area (Å²) in [6.45, 7) is 0.411. The fourth-order valence-electron chi connectivity index (χ4n) is 7.10. The van der Waals surface area contributed by atoms with Gasteiger partial charge in [0.1, 0.15) is 30.0 Å². The molecule has 2 N–H and O–H groups in total. The minimum Gasteiger partial charge on any atom is -0.441 e. The van der Waals surface area contributed by atoms with Crippen molar-refractivity contribution in [2.24, 2.45) is 0 Å². The summed E-state index contributed by atoms with van der Waals surface area (Å²) in [4.78, 5) is 14.5. The Labute approximate surface area is 292 Å². The van der Waals surface area contributed by atoms with E-state index in [0.717, 1.165) is 27.8 Å². The topological polar surface area (TPSA) is 97.7 Å². The highest BCUT2D eigenvalue weighted by Crippen LogP contribution is 2.42. The lowest BCUT2D eigenvalue weighted by molar-refractivity contribution is -0.166. The van der Waals surface area contributed by atoms with Crippen LogP contribution in [0.4, 0.5) is 4.79 Å². The lowest BCUT2D eigenvalue weighted by Gasteiger charge is -2.39. The molecule has 0 aliphatic carbocycles. The van der Waals surface area contributed by atoms with E-state index in [2.05, 4.69) is 36.4 Å². The number of aliphatic hydroxyl groups is 2. The van der Waals surface area contributed by atoms with E-state index in [1.54, 1.807) is 0 Å². The van der Waals surface area contributed by atoms with E-state index in [1.807, 2.05) is 115 Å². The average Bonchev–Trinajstić information content (AvgIpc) is 3.66. The van der Waals surface area contributed by atoms with Crippen molar-refractivity contribution >= 4 is 6.09 Å². The highest BCUT2D eigenvalue weighted by Gasteiger charge is 2.57. The van der Waals surface area contributed by atoms with E-state index < -0.39 is 48.3 Å². The van der Waals surface area contributed by atoms with Crippen LogP contribution in [-0.4, -0.2) is 70.9 Å². The second kappa shape index (κ2) is 15.4. The first-order valence-electron chi connectivity index (χ1n) is 17.0. The summed E-state index contributed by atoms with van der Waals surface area (Å²) in [7, 11) is 0. The van der Waals surface area contributed by atoms with Crippen LogP contribution in [0.5, 0.6) is 0 Å². The maximum absolute atomic E-state index is 13.2. The zero-order valence-electron chi connectivity index (χ0n) is 27.6. The van der Waals surface area contributed by atoms with Crippen molar-refractivity contribution in [2.75, 3.05) is 13.2 Å². The van der Waals surface area contributed by atoms with Crippen LogP contribution in [0, 0.1) is 0 Å². The van der Waals surface area contributed by atoms with Crippen molar-refractivity contribution in [1.82, 2.24) is 4.90 Å². The minimum atomic E-state index is -1.22. The molecular formula is C42H41NO7. The lowest BCUT2D eigenvalue weighted by atomic mass is 9.80. The number of ether oxygens (including phenoxy) is 4. The van der Waals surface area contributed by atoms with Gasteiger partial charge in [-0.2, -0.15) is 0 Å². The molecule has 0 radical (unpaired) electrons. The van der Waals surface area contributed by atoms with Gasteiger partial charge in [-0.3, -0.25) is 4.90 Å². The molecule has 2 heterocycles. The molecule has 5 aromatic carbocycles. The van der Waals surface area contributed by atoms with Crippen LogP contribution in [0.3, 0.4) is 0 Å². The molecule has 2 fully saturated rings. The highest BCUT2D eigenvalue weighted by atomic mass is 16.6. The van der Waals surface area contributed by atoms with Gasteiger partial charge >= 0.3 is 6.09 Å². The lowest BCUT2D eigenvalue weighted by Crippen LogP contribution is -2.53. The predicted molar refractivity (Wildman–Crippen MR) is 188 cm³/mol. The molecule has 0 spiro atoms. The van der Waals surface area contributed by atoms with Gasteiger partial charge in [0.15, 0.2) is 6.10 Å². The van der Waals surface area contributed by atoms with Crippen LogP contribution in [0.25, 0.3) is 0 Å². The molecule has 5 aromatic rings. The summed E-state index contributed by atoms with van der Waals surface area (Å²) >= 11 is 0. The second-order valence-electron chi connectivity index (χ2n) is 12.7. The molecular weight excluding hydrogens is 630 g/mol. The van der Waals surface area contributed by atoms with Crippen molar-refractivity contribution in [3.05, 3.63) is 179 Å². The van der Waals surface area contributed by atoms with Crippen LogP contribution in [0.15, 0.2) is 152 Å². The van der Waals surface area contributed by atoms with Crippen molar-refractivity contribution in [3.63, 3.8) is 0 Å². The third-order valence-corrected chi connectivity index (χ3v) is 9.58. The molecule has 0 unspecified atom stereocenters. The third-order valence-electron chi connectivity index (χ3n) is 9.58. The van der Waals surface area contributed by atoms with Gasteiger partial charge in [0, 0.05) is 0 Å². The number of fused-ring (bicyclic) bond motifs is 1. The van der Waals surface area contributed by atoms with E-state index in [1.165, 1.54) is 4.90 Å². The predicted octanol–water partition coefficient (Wildman–Crippen LogP) is 6.09. The van der Waals surface area contributed by atoms with Crippen LogP contribution in [0.1, 0.15) is 27.8 Å². The van der Waals surface area contributed by atoms with Crippen LogP contribution in [-0.2, 0) is 37.8 Å². The molecule has 7 rings (SSSR count). The quantitative estimate of drug-likeness (QED) is 0.138. The normalized spacial score (nSPS) is 21.4. The van der Waals surface area contributed by atoms with Crippen molar-refractivity contribution in [2.45, 2.75) is 55.4 Å². The van der Waals surface area contributed by atoms with Gasteiger partial charge < -0.3 is 29.2 Å².